The Morgan fingerprint density at radius 3 is 2.48 bits per heavy atom. The number of alkyl halides is 2. The average molecular weight is 328 g/mol. The molecule has 0 fully saturated rings. The summed E-state index contributed by atoms with van der Waals surface area (Å²) in [7, 11) is 1.71. The van der Waals surface area contributed by atoms with Crippen LogP contribution in [0, 0.1) is 0 Å². The summed E-state index contributed by atoms with van der Waals surface area (Å²) in [5.74, 6) is 0.111. The molecule has 1 aromatic rings. The minimum atomic E-state index is -2.83. The van der Waals surface area contributed by atoms with Gasteiger partial charge in [-0.3, -0.25) is 0 Å². The predicted octanol–water partition coefficient (Wildman–Crippen LogP) is 4.40. The average Bonchev–Trinajstić information content (AvgIpc) is 2.49. The first-order valence-electron chi connectivity index (χ1n) is 7.97. The smallest absolute Gasteiger partial charge is 0.387 e. The van der Waals surface area contributed by atoms with Crippen molar-refractivity contribution in [2.45, 2.75) is 58.7 Å². The second-order valence-corrected chi connectivity index (χ2v) is 5.72. The van der Waals surface area contributed by atoms with E-state index in [9.17, 15) is 13.6 Å². The molecule has 0 aromatic heterocycles. The lowest BCUT2D eigenvalue weighted by Crippen LogP contribution is -2.41. The molecule has 0 aliphatic rings. The first-order chi connectivity index (χ1) is 10.9. The number of hydrogen-bond acceptors (Lipinski definition) is 2. The molecule has 0 aliphatic heterocycles. The van der Waals surface area contributed by atoms with E-state index in [0.29, 0.717) is 6.54 Å². The van der Waals surface area contributed by atoms with Crippen molar-refractivity contribution in [3.05, 3.63) is 29.8 Å². The Labute approximate surface area is 136 Å². The second-order valence-electron chi connectivity index (χ2n) is 5.72. The number of carbonyl (C=O) groups excluding carboxylic acids is 1. The van der Waals surface area contributed by atoms with Gasteiger partial charge in [0.25, 0.3) is 0 Å². The Morgan fingerprint density at radius 2 is 1.91 bits per heavy atom. The van der Waals surface area contributed by atoms with Crippen molar-refractivity contribution in [2.24, 2.45) is 0 Å². The van der Waals surface area contributed by atoms with E-state index in [0.717, 1.165) is 24.8 Å². The van der Waals surface area contributed by atoms with E-state index in [2.05, 4.69) is 17.0 Å². The van der Waals surface area contributed by atoms with Crippen molar-refractivity contribution in [3.63, 3.8) is 0 Å². The Morgan fingerprint density at radius 1 is 1.26 bits per heavy atom. The van der Waals surface area contributed by atoms with E-state index in [4.69, 9.17) is 0 Å². The maximum absolute atomic E-state index is 12.1. The van der Waals surface area contributed by atoms with Crippen LogP contribution < -0.4 is 10.1 Å². The lowest BCUT2D eigenvalue weighted by atomic mass is 10.1. The summed E-state index contributed by atoms with van der Waals surface area (Å²) in [5.41, 5.74) is 0.850. The fourth-order valence-corrected chi connectivity index (χ4v) is 2.22. The molecule has 1 unspecified atom stereocenters. The van der Waals surface area contributed by atoms with Crippen LogP contribution in [-0.4, -0.2) is 30.6 Å². The van der Waals surface area contributed by atoms with Crippen LogP contribution in [0.5, 0.6) is 5.75 Å². The fraction of sp³-hybridized carbons (Fsp3) is 0.588. The number of nitrogens with one attached hydrogen (secondary N) is 1. The van der Waals surface area contributed by atoms with Gasteiger partial charge in [-0.1, -0.05) is 38.3 Å². The van der Waals surface area contributed by atoms with Gasteiger partial charge in [0, 0.05) is 19.6 Å². The van der Waals surface area contributed by atoms with Gasteiger partial charge in [-0.25, -0.2) is 4.79 Å². The van der Waals surface area contributed by atoms with Gasteiger partial charge in [0.2, 0.25) is 0 Å². The van der Waals surface area contributed by atoms with E-state index < -0.39 is 6.61 Å². The molecule has 0 saturated carbocycles. The standard InChI is InChI=1S/C17H26F2N2O2/c1-4-5-6-7-13(2)20-17(22)21(3)12-14-8-10-15(11-9-14)23-16(18)19/h8-11,13,16H,4-7,12H2,1-3H3,(H,20,22). The highest BCUT2D eigenvalue weighted by molar-refractivity contribution is 5.74. The summed E-state index contributed by atoms with van der Waals surface area (Å²) < 4.78 is 28.5. The van der Waals surface area contributed by atoms with Gasteiger partial charge < -0.3 is 15.0 Å². The number of urea groups is 1. The molecule has 130 valence electrons. The molecule has 0 bridgehead atoms. The molecule has 2 amide bonds. The number of halogens is 2. The van der Waals surface area contributed by atoms with Gasteiger partial charge in [0.05, 0.1) is 0 Å². The minimum Gasteiger partial charge on any atom is -0.435 e. The molecule has 1 aromatic carbocycles. The number of unbranched alkanes of at least 4 members (excludes halogenated alkanes) is 2. The normalized spacial score (nSPS) is 12.1. The van der Waals surface area contributed by atoms with Crippen LogP contribution in [0.25, 0.3) is 0 Å². The predicted molar refractivity (Wildman–Crippen MR) is 86.7 cm³/mol. The molecule has 4 nitrogen and oxygen atoms in total. The highest BCUT2D eigenvalue weighted by Crippen LogP contribution is 2.15. The van der Waals surface area contributed by atoms with Crippen LogP contribution in [0.4, 0.5) is 13.6 Å². The van der Waals surface area contributed by atoms with Crippen LogP contribution in [-0.2, 0) is 6.54 Å². The first kappa shape index (κ1) is 19.2. The summed E-state index contributed by atoms with van der Waals surface area (Å²) in [6.45, 7) is 1.72. The number of carbonyl (C=O) groups is 1. The van der Waals surface area contributed by atoms with Gasteiger partial charge in [0.1, 0.15) is 5.75 Å². The Hall–Kier alpha value is -1.85. The number of benzene rings is 1. The molecule has 0 aliphatic carbocycles. The van der Waals surface area contributed by atoms with E-state index in [1.165, 1.54) is 18.6 Å². The highest BCUT2D eigenvalue weighted by Gasteiger charge is 2.12. The topological polar surface area (TPSA) is 41.6 Å². The molecule has 0 heterocycles. The van der Waals surface area contributed by atoms with Crippen molar-refractivity contribution in [1.82, 2.24) is 10.2 Å². The maximum atomic E-state index is 12.1. The van der Waals surface area contributed by atoms with Gasteiger partial charge in [-0.05, 0) is 31.0 Å². The number of ether oxygens (including phenoxy) is 1. The minimum absolute atomic E-state index is 0.111. The Bertz CT molecular complexity index is 466. The molecule has 0 radical (unpaired) electrons. The first-order valence-corrected chi connectivity index (χ1v) is 7.97. The molecule has 6 heteroatoms. The van der Waals surface area contributed by atoms with Gasteiger partial charge in [0.15, 0.2) is 0 Å². The number of rotatable bonds is 9. The van der Waals surface area contributed by atoms with Crippen LogP contribution in [0.3, 0.4) is 0 Å². The van der Waals surface area contributed by atoms with E-state index >= 15 is 0 Å². The zero-order chi connectivity index (χ0) is 17.2. The molecular weight excluding hydrogens is 302 g/mol. The van der Waals surface area contributed by atoms with Crippen LogP contribution in [0.2, 0.25) is 0 Å². The van der Waals surface area contributed by atoms with Crippen LogP contribution in [0.1, 0.15) is 45.1 Å². The van der Waals surface area contributed by atoms with Crippen molar-refractivity contribution < 1.29 is 18.3 Å². The quantitative estimate of drug-likeness (QED) is 0.683. The molecule has 1 N–H and O–H groups in total. The van der Waals surface area contributed by atoms with E-state index in [1.807, 2.05) is 6.92 Å². The largest absolute Gasteiger partial charge is 0.435 e. The van der Waals surface area contributed by atoms with Gasteiger partial charge >= 0.3 is 12.6 Å². The van der Waals surface area contributed by atoms with Crippen molar-refractivity contribution in [2.75, 3.05) is 7.05 Å². The SMILES string of the molecule is CCCCCC(C)NC(=O)N(C)Cc1ccc(OC(F)F)cc1. The maximum Gasteiger partial charge on any atom is 0.387 e. The van der Waals surface area contributed by atoms with Crippen molar-refractivity contribution in [3.8, 4) is 5.75 Å². The molecule has 1 atom stereocenters. The number of amides is 2. The summed E-state index contributed by atoms with van der Waals surface area (Å²) in [5, 5.41) is 2.96. The highest BCUT2D eigenvalue weighted by atomic mass is 19.3. The lowest BCUT2D eigenvalue weighted by molar-refractivity contribution is -0.0498. The number of nitrogens with zero attached hydrogens (tertiary/aromatic N) is 1. The van der Waals surface area contributed by atoms with Crippen LogP contribution in [0.15, 0.2) is 24.3 Å². The lowest BCUT2D eigenvalue weighted by Gasteiger charge is -2.21. The monoisotopic (exact) mass is 328 g/mol. The van der Waals surface area contributed by atoms with Crippen molar-refractivity contribution >= 4 is 6.03 Å². The second kappa shape index (κ2) is 10.0. The molecular formula is C17H26F2N2O2. The summed E-state index contributed by atoms with van der Waals surface area (Å²) in [6, 6.07) is 6.29. The van der Waals surface area contributed by atoms with E-state index in [1.54, 1.807) is 24.1 Å². The zero-order valence-corrected chi connectivity index (χ0v) is 14.0. The van der Waals surface area contributed by atoms with Gasteiger partial charge in [-0.2, -0.15) is 8.78 Å². The summed E-state index contributed by atoms with van der Waals surface area (Å²) in [6.07, 6.45) is 4.40. The third-order valence-electron chi connectivity index (χ3n) is 3.53. The van der Waals surface area contributed by atoms with Crippen molar-refractivity contribution in [1.29, 1.82) is 0 Å². The fourth-order valence-electron chi connectivity index (χ4n) is 2.22. The third kappa shape index (κ3) is 7.81. The zero-order valence-electron chi connectivity index (χ0n) is 14.0. The summed E-state index contributed by atoms with van der Waals surface area (Å²) >= 11 is 0. The van der Waals surface area contributed by atoms with Crippen LogP contribution >= 0.6 is 0 Å². The summed E-state index contributed by atoms with van der Waals surface area (Å²) in [4.78, 5) is 13.7. The third-order valence-corrected chi connectivity index (χ3v) is 3.53. The van der Waals surface area contributed by atoms with E-state index in [-0.39, 0.29) is 17.8 Å². The molecule has 23 heavy (non-hydrogen) atoms. The van der Waals surface area contributed by atoms with Gasteiger partial charge in [-0.15, -0.1) is 0 Å². The molecule has 0 saturated heterocycles. The number of hydrogen-bond donors (Lipinski definition) is 1. The molecule has 0 spiro atoms. The molecule has 1 rings (SSSR count). The Kier molecular flexibility index (Phi) is 8.37. The Balaban J connectivity index is 2.42.